The van der Waals surface area contributed by atoms with Crippen molar-refractivity contribution in [3.63, 3.8) is 0 Å². The molecule has 0 aliphatic carbocycles. The second kappa shape index (κ2) is 8.31. The standard InChI is InChI=1S/C21H25N3O3/c1-15-12-23(20(25)19-6-4-5-11-22-19)13-16(2)24(15)14-17-7-9-18(10-8-17)21(26)27-3/h4-11,15-16H,12-14H2,1-3H3/t15-,16+. The van der Waals surface area contributed by atoms with Crippen LogP contribution in [0.2, 0.25) is 0 Å². The second-order valence-corrected chi connectivity index (χ2v) is 6.98. The summed E-state index contributed by atoms with van der Waals surface area (Å²) in [6.07, 6.45) is 1.65. The Morgan fingerprint density at radius 1 is 1.07 bits per heavy atom. The van der Waals surface area contributed by atoms with Crippen LogP contribution in [0.3, 0.4) is 0 Å². The van der Waals surface area contributed by atoms with Crippen molar-refractivity contribution in [2.45, 2.75) is 32.5 Å². The molecule has 6 heteroatoms. The third kappa shape index (κ3) is 4.34. The van der Waals surface area contributed by atoms with E-state index in [4.69, 9.17) is 4.74 Å². The summed E-state index contributed by atoms with van der Waals surface area (Å²) in [6.45, 7) is 6.38. The van der Waals surface area contributed by atoms with E-state index in [-0.39, 0.29) is 24.0 Å². The molecule has 0 N–H and O–H groups in total. The number of ether oxygens (including phenoxy) is 1. The van der Waals surface area contributed by atoms with Crippen molar-refractivity contribution in [1.29, 1.82) is 0 Å². The highest BCUT2D eigenvalue weighted by Crippen LogP contribution is 2.20. The average molecular weight is 367 g/mol. The van der Waals surface area contributed by atoms with Gasteiger partial charge in [-0.15, -0.1) is 0 Å². The molecule has 142 valence electrons. The molecule has 0 bridgehead atoms. The lowest BCUT2D eigenvalue weighted by molar-refractivity contribution is 0.0266. The van der Waals surface area contributed by atoms with Crippen molar-refractivity contribution in [2.24, 2.45) is 0 Å². The van der Waals surface area contributed by atoms with Crippen molar-refractivity contribution in [2.75, 3.05) is 20.2 Å². The minimum absolute atomic E-state index is 0.0172. The number of amides is 1. The molecule has 1 aromatic heterocycles. The molecule has 3 rings (SSSR count). The Hall–Kier alpha value is -2.73. The van der Waals surface area contributed by atoms with Gasteiger partial charge in [-0.25, -0.2) is 4.79 Å². The third-order valence-electron chi connectivity index (χ3n) is 5.01. The molecule has 1 aromatic carbocycles. The number of hydrogen-bond donors (Lipinski definition) is 0. The number of hydrogen-bond acceptors (Lipinski definition) is 5. The molecular weight excluding hydrogens is 342 g/mol. The fourth-order valence-electron chi connectivity index (χ4n) is 3.56. The van der Waals surface area contributed by atoms with Crippen LogP contribution in [0, 0.1) is 0 Å². The first-order valence-electron chi connectivity index (χ1n) is 9.13. The normalized spacial score (nSPS) is 20.3. The van der Waals surface area contributed by atoms with E-state index in [1.54, 1.807) is 24.4 Å². The van der Waals surface area contributed by atoms with Gasteiger partial charge in [0, 0.05) is 37.9 Å². The van der Waals surface area contributed by atoms with Crippen LogP contribution >= 0.6 is 0 Å². The lowest BCUT2D eigenvalue weighted by Crippen LogP contribution is -2.57. The molecule has 6 nitrogen and oxygen atoms in total. The fourth-order valence-corrected chi connectivity index (χ4v) is 3.56. The highest BCUT2D eigenvalue weighted by molar-refractivity contribution is 5.92. The Balaban J connectivity index is 1.65. The molecule has 0 saturated carbocycles. The molecule has 1 aliphatic rings. The Labute approximate surface area is 159 Å². The van der Waals surface area contributed by atoms with Crippen LogP contribution in [0.1, 0.15) is 40.3 Å². The van der Waals surface area contributed by atoms with Gasteiger partial charge < -0.3 is 9.64 Å². The van der Waals surface area contributed by atoms with Crippen LogP contribution in [-0.2, 0) is 11.3 Å². The highest BCUT2D eigenvalue weighted by atomic mass is 16.5. The molecule has 1 aliphatic heterocycles. The summed E-state index contributed by atoms with van der Waals surface area (Å²) in [7, 11) is 1.38. The van der Waals surface area contributed by atoms with E-state index in [0.29, 0.717) is 24.3 Å². The highest BCUT2D eigenvalue weighted by Gasteiger charge is 2.32. The van der Waals surface area contributed by atoms with E-state index in [2.05, 4.69) is 23.7 Å². The summed E-state index contributed by atoms with van der Waals surface area (Å²) in [4.78, 5) is 32.7. The molecular formula is C21H25N3O3. The molecule has 27 heavy (non-hydrogen) atoms. The summed E-state index contributed by atoms with van der Waals surface area (Å²) in [5, 5.41) is 0. The number of rotatable bonds is 4. The van der Waals surface area contributed by atoms with Crippen molar-refractivity contribution in [3.05, 3.63) is 65.5 Å². The lowest BCUT2D eigenvalue weighted by atomic mass is 10.0. The summed E-state index contributed by atoms with van der Waals surface area (Å²) in [6, 6.07) is 13.3. The predicted octanol–water partition coefficient (Wildman–Crippen LogP) is 2.60. The summed E-state index contributed by atoms with van der Waals surface area (Å²) in [5.41, 5.74) is 2.17. The van der Waals surface area contributed by atoms with Gasteiger partial charge in [0.2, 0.25) is 0 Å². The Kier molecular flexibility index (Phi) is 5.86. The van der Waals surface area contributed by atoms with Gasteiger partial charge in [-0.3, -0.25) is 14.7 Å². The number of carbonyl (C=O) groups excluding carboxylic acids is 2. The molecule has 1 saturated heterocycles. The topological polar surface area (TPSA) is 62.7 Å². The van der Waals surface area contributed by atoms with E-state index in [9.17, 15) is 9.59 Å². The van der Waals surface area contributed by atoms with E-state index >= 15 is 0 Å². The van der Waals surface area contributed by atoms with Gasteiger partial charge in [0.25, 0.3) is 5.91 Å². The smallest absolute Gasteiger partial charge is 0.337 e. The van der Waals surface area contributed by atoms with Gasteiger partial charge in [0.1, 0.15) is 5.69 Å². The first kappa shape index (κ1) is 19.0. The van der Waals surface area contributed by atoms with E-state index < -0.39 is 0 Å². The molecule has 1 fully saturated rings. The van der Waals surface area contributed by atoms with Crippen LogP contribution < -0.4 is 0 Å². The number of benzene rings is 1. The van der Waals surface area contributed by atoms with Gasteiger partial charge in [-0.2, -0.15) is 0 Å². The van der Waals surface area contributed by atoms with Crippen molar-refractivity contribution >= 4 is 11.9 Å². The second-order valence-electron chi connectivity index (χ2n) is 6.98. The molecule has 2 aromatic rings. The average Bonchev–Trinajstić information content (AvgIpc) is 2.70. The quantitative estimate of drug-likeness (QED) is 0.778. The van der Waals surface area contributed by atoms with Crippen LogP contribution in [0.5, 0.6) is 0 Å². The monoisotopic (exact) mass is 367 g/mol. The van der Waals surface area contributed by atoms with E-state index in [1.165, 1.54) is 7.11 Å². The molecule has 2 heterocycles. The zero-order valence-electron chi connectivity index (χ0n) is 16.0. The molecule has 2 atom stereocenters. The molecule has 0 radical (unpaired) electrons. The molecule has 0 unspecified atom stereocenters. The maximum Gasteiger partial charge on any atom is 0.337 e. The van der Waals surface area contributed by atoms with Crippen molar-refractivity contribution in [1.82, 2.24) is 14.8 Å². The number of pyridine rings is 1. The van der Waals surface area contributed by atoms with Crippen LogP contribution in [-0.4, -0.2) is 58.9 Å². The summed E-state index contributed by atoms with van der Waals surface area (Å²) < 4.78 is 4.74. The number of piperazine rings is 1. The van der Waals surface area contributed by atoms with Gasteiger partial charge in [0.15, 0.2) is 0 Å². The third-order valence-corrected chi connectivity index (χ3v) is 5.01. The van der Waals surface area contributed by atoms with Crippen molar-refractivity contribution < 1.29 is 14.3 Å². The number of esters is 1. The minimum atomic E-state index is -0.329. The van der Waals surface area contributed by atoms with E-state index in [0.717, 1.165) is 12.1 Å². The van der Waals surface area contributed by atoms with Crippen molar-refractivity contribution in [3.8, 4) is 0 Å². The molecule has 1 amide bonds. The maximum atomic E-state index is 12.7. The summed E-state index contributed by atoms with van der Waals surface area (Å²) in [5.74, 6) is -0.346. The Morgan fingerprint density at radius 2 is 1.74 bits per heavy atom. The maximum absolute atomic E-state index is 12.7. The number of aromatic nitrogens is 1. The van der Waals surface area contributed by atoms with Gasteiger partial charge >= 0.3 is 5.97 Å². The lowest BCUT2D eigenvalue weighted by Gasteiger charge is -2.44. The van der Waals surface area contributed by atoms with Crippen LogP contribution in [0.25, 0.3) is 0 Å². The zero-order chi connectivity index (χ0) is 19.4. The Bertz CT molecular complexity index is 780. The first-order valence-corrected chi connectivity index (χ1v) is 9.13. The summed E-state index contributed by atoms with van der Waals surface area (Å²) >= 11 is 0. The minimum Gasteiger partial charge on any atom is -0.465 e. The zero-order valence-corrected chi connectivity index (χ0v) is 16.0. The predicted molar refractivity (Wildman–Crippen MR) is 102 cm³/mol. The fraction of sp³-hybridized carbons (Fsp3) is 0.381. The van der Waals surface area contributed by atoms with Crippen LogP contribution in [0.15, 0.2) is 48.7 Å². The number of nitrogens with zero attached hydrogens (tertiary/aromatic N) is 3. The molecule has 0 spiro atoms. The number of carbonyl (C=O) groups is 2. The first-order chi connectivity index (χ1) is 13.0. The largest absolute Gasteiger partial charge is 0.465 e. The van der Waals surface area contributed by atoms with Gasteiger partial charge in [-0.1, -0.05) is 18.2 Å². The number of methoxy groups -OCH3 is 1. The van der Waals surface area contributed by atoms with Gasteiger partial charge in [0.05, 0.1) is 12.7 Å². The Morgan fingerprint density at radius 3 is 2.30 bits per heavy atom. The van der Waals surface area contributed by atoms with E-state index in [1.807, 2.05) is 29.2 Å². The SMILES string of the molecule is COC(=O)c1ccc(CN2[C@H](C)CN(C(=O)c3ccccn3)C[C@@H]2C)cc1. The van der Waals surface area contributed by atoms with Crippen LogP contribution in [0.4, 0.5) is 0 Å². The van der Waals surface area contributed by atoms with Gasteiger partial charge in [-0.05, 0) is 43.7 Å².